The SMILES string of the molecule is COC(C)c1c(NC(=O)Nc2cc(Cl)cnc2OCC(C)N)cnc2cc(Cl)nn12. The lowest BCUT2D eigenvalue weighted by molar-refractivity contribution is 0.114. The number of hydrogen-bond donors (Lipinski definition) is 3. The predicted molar refractivity (Wildman–Crippen MR) is 114 cm³/mol. The predicted octanol–water partition coefficient (Wildman–Crippen LogP) is 3.51. The summed E-state index contributed by atoms with van der Waals surface area (Å²) in [6.45, 7) is 3.83. The van der Waals surface area contributed by atoms with Crippen LogP contribution in [0.5, 0.6) is 5.88 Å². The van der Waals surface area contributed by atoms with Gasteiger partial charge in [0.15, 0.2) is 10.8 Å². The standard InChI is InChI=1S/C18H21Cl2N7O3/c1-9(21)8-30-17-12(4-11(19)6-23-17)24-18(28)25-13-7-22-15-5-14(20)26-27(15)16(13)10(2)29-3/h4-7,9-10H,8,21H2,1-3H3,(H2,24,25,28). The molecule has 4 N–H and O–H groups in total. The van der Waals surface area contributed by atoms with Crippen LogP contribution >= 0.6 is 23.2 Å². The van der Waals surface area contributed by atoms with E-state index in [4.69, 9.17) is 38.4 Å². The molecule has 3 aromatic heterocycles. The lowest BCUT2D eigenvalue weighted by Crippen LogP contribution is -2.25. The van der Waals surface area contributed by atoms with Crippen molar-refractivity contribution >= 4 is 46.3 Å². The minimum atomic E-state index is -0.561. The molecule has 2 unspecified atom stereocenters. The van der Waals surface area contributed by atoms with E-state index < -0.39 is 12.1 Å². The normalized spacial score (nSPS) is 13.1. The van der Waals surface area contributed by atoms with Crippen molar-refractivity contribution in [1.82, 2.24) is 19.6 Å². The van der Waals surface area contributed by atoms with Crippen LogP contribution in [0.1, 0.15) is 25.6 Å². The summed E-state index contributed by atoms with van der Waals surface area (Å²) < 4.78 is 12.5. The molecule has 0 aliphatic rings. The van der Waals surface area contributed by atoms with Gasteiger partial charge in [0.2, 0.25) is 5.88 Å². The van der Waals surface area contributed by atoms with E-state index >= 15 is 0 Å². The van der Waals surface area contributed by atoms with Crippen molar-refractivity contribution in [1.29, 1.82) is 0 Å². The highest BCUT2D eigenvalue weighted by Crippen LogP contribution is 2.28. The molecule has 30 heavy (non-hydrogen) atoms. The summed E-state index contributed by atoms with van der Waals surface area (Å²) in [5, 5.41) is 10.2. The van der Waals surface area contributed by atoms with Gasteiger partial charge >= 0.3 is 6.03 Å². The molecule has 0 aliphatic heterocycles. The van der Waals surface area contributed by atoms with Crippen LogP contribution in [-0.2, 0) is 4.74 Å². The molecule has 0 saturated carbocycles. The Morgan fingerprint density at radius 2 is 1.93 bits per heavy atom. The van der Waals surface area contributed by atoms with Gasteiger partial charge < -0.3 is 25.8 Å². The van der Waals surface area contributed by atoms with Gasteiger partial charge in [-0.25, -0.2) is 19.3 Å². The number of nitrogens with one attached hydrogen (secondary N) is 2. The van der Waals surface area contributed by atoms with Gasteiger partial charge in [0, 0.05) is 25.4 Å². The molecule has 3 aromatic rings. The molecule has 12 heteroatoms. The summed E-state index contributed by atoms with van der Waals surface area (Å²) in [5.41, 5.74) is 7.49. The number of rotatable bonds is 7. The number of ether oxygens (including phenoxy) is 2. The molecule has 0 radical (unpaired) electrons. The fraction of sp³-hybridized carbons (Fsp3) is 0.333. The Labute approximate surface area is 182 Å². The summed E-state index contributed by atoms with van der Waals surface area (Å²) in [7, 11) is 1.55. The number of carbonyl (C=O) groups is 1. The maximum Gasteiger partial charge on any atom is 0.323 e. The smallest absolute Gasteiger partial charge is 0.323 e. The molecule has 2 atom stereocenters. The van der Waals surface area contributed by atoms with E-state index in [2.05, 4.69) is 25.7 Å². The van der Waals surface area contributed by atoms with E-state index in [1.54, 1.807) is 20.1 Å². The van der Waals surface area contributed by atoms with Gasteiger partial charge in [0.25, 0.3) is 0 Å². The molecule has 0 fully saturated rings. The van der Waals surface area contributed by atoms with E-state index in [1.807, 2.05) is 6.92 Å². The van der Waals surface area contributed by atoms with Crippen molar-refractivity contribution in [3.05, 3.63) is 40.4 Å². The number of carbonyl (C=O) groups excluding carboxylic acids is 1. The molecule has 2 amide bonds. The van der Waals surface area contributed by atoms with E-state index in [-0.39, 0.29) is 29.4 Å². The number of nitrogens with two attached hydrogens (primary N) is 1. The molecule has 3 rings (SSSR count). The molecule has 0 bridgehead atoms. The summed E-state index contributed by atoms with van der Waals surface area (Å²) in [4.78, 5) is 21.1. The number of aromatic nitrogens is 4. The van der Waals surface area contributed by atoms with Gasteiger partial charge in [0.1, 0.15) is 12.3 Å². The number of pyridine rings is 1. The zero-order valence-corrected chi connectivity index (χ0v) is 18.0. The van der Waals surface area contributed by atoms with Crippen LogP contribution in [0.2, 0.25) is 10.2 Å². The van der Waals surface area contributed by atoms with Gasteiger partial charge in [-0.1, -0.05) is 23.2 Å². The first kappa shape index (κ1) is 22.0. The topological polar surface area (TPSA) is 129 Å². The molecule has 0 aromatic carbocycles. The fourth-order valence-corrected chi connectivity index (χ4v) is 2.97. The van der Waals surface area contributed by atoms with Crippen molar-refractivity contribution in [3.63, 3.8) is 0 Å². The zero-order valence-electron chi connectivity index (χ0n) is 16.5. The number of anilines is 2. The number of nitrogens with zero attached hydrogens (tertiary/aromatic N) is 4. The van der Waals surface area contributed by atoms with Crippen LogP contribution in [0.25, 0.3) is 5.65 Å². The maximum absolute atomic E-state index is 12.7. The second kappa shape index (κ2) is 9.43. The molecular weight excluding hydrogens is 433 g/mol. The first-order chi connectivity index (χ1) is 14.3. The quantitative estimate of drug-likeness (QED) is 0.498. The van der Waals surface area contributed by atoms with Crippen LogP contribution in [0.4, 0.5) is 16.2 Å². The van der Waals surface area contributed by atoms with E-state index in [1.165, 1.54) is 23.0 Å². The number of urea groups is 1. The average molecular weight is 454 g/mol. The minimum absolute atomic E-state index is 0.199. The molecule has 10 nitrogen and oxygen atoms in total. The van der Waals surface area contributed by atoms with Crippen molar-refractivity contribution < 1.29 is 14.3 Å². The largest absolute Gasteiger partial charge is 0.475 e. The van der Waals surface area contributed by atoms with Crippen LogP contribution in [0.3, 0.4) is 0 Å². The minimum Gasteiger partial charge on any atom is -0.475 e. The average Bonchev–Trinajstić information content (AvgIpc) is 3.06. The second-order valence-electron chi connectivity index (χ2n) is 6.55. The summed E-state index contributed by atoms with van der Waals surface area (Å²) in [6, 6.07) is 2.37. The van der Waals surface area contributed by atoms with Crippen LogP contribution in [-0.4, -0.2) is 45.4 Å². The maximum atomic E-state index is 12.7. The van der Waals surface area contributed by atoms with Gasteiger partial charge in [-0.05, 0) is 19.9 Å². The summed E-state index contributed by atoms with van der Waals surface area (Å²) in [6.07, 6.45) is 2.51. The molecule has 0 aliphatic carbocycles. The van der Waals surface area contributed by atoms with Crippen LogP contribution < -0.4 is 21.1 Å². The van der Waals surface area contributed by atoms with Crippen LogP contribution in [0, 0.1) is 0 Å². The number of halogens is 2. The highest BCUT2D eigenvalue weighted by atomic mass is 35.5. The van der Waals surface area contributed by atoms with Gasteiger partial charge in [0.05, 0.1) is 28.7 Å². The third-order valence-electron chi connectivity index (χ3n) is 4.03. The summed E-state index contributed by atoms with van der Waals surface area (Å²) >= 11 is 12.0. The van der Waals surface area contributed by atoms with Gasteiger partial charge in [-0.2, -0.15) is 5.10 Å². The third kappa shape index (κ3) is 5.08. The summed E-state index contributed by atoms with van der Waals surface area (Å²) in [5.74, 6) is 0.199. The zero-order chi connectivity index (χ0) is 21.8. The number of fused-ring (bicyclic) bond motifs is 1. The lowest BCUT2D eigenvalue weighted by atomic mass is 10.2. The molecule has 0 spiro atoms. The Morgan fingerprint density at radius 3 is 2.63 bits per heavy atom. The molecule has 0 saturated heterocycles. The third-order valence-corrected chi connectivity index (χ3v) is 4.42. The number of methoxy groups -OCH3 is 1. The van der Waals surface area contributed by atoms with E-state index in [0.717, 1.165) is 0 Å². The Bertz CT molecular complexity index is 1060. The van der Waals surface area contributed by atoms with E-state index in [0.29, 0.717) is 22.1 Å². The Morgan fingerprint density at radius 1 is 1.20 bits per heavy atom. The van der Waals surface area contributed by atoms with Gasteiger partial charge in [-0.3, -0.25) is 0 Å². The second-order valence-corrected chi connectivity index (χ2v) is 7.37. The van der Waals surface area contributed by atoms with E-state index in [9.17, 15) is 4.79 Å². The molecule has 3 heterocycles. The van der Waals surface area contributed by atoms with Crippen molar-refractivity contribution in [3.8, 4) is 5.88 Å². The lowest BCUT2D eigenvalue weighted by Gasteiger charge is -2.18. The van der Waals surface area contributed by atoms with Crippen molar-refractivity contribution in [2.45, 2.75) is 26.0 Å². The Kier molecular flexibility index (Phi) is 6.93. The van der Waals surface area contributed by atoms with Gasteiger partial charge in [-0.15, -0.1) is 0 Å². The highest BCUT2D eigenvalue weighted by molar-refractivity contribution is 6.31. The molecular formula is C18H21Cl2N7O3. The van der Waals surface area contributed by atoms with Crippen LogP contribution in [0.15, 0.2) is 24.5 Å². The highest BCUT2D eigenvalue weighted by Gasteiger charge is 2.20. The molecule has 160 valence electrons. The Balaban J connectivity index is 1.86. The fourth-order valence-electron chi connectivity index (χ4n) is 2.64. The van der Waals surface area contributed by atoms with Crippen molar-refractivity contribution in [2.24, 2.45) is 5.73 Å². The first-order valence-electron chi connectivity index (χ1n) is 8.97. The first-order valence-corrected chi connectivity index (χ1v) is 9.73. The monoisotopic (exact) mass is 453 g/mol. The Hall–Kier alpha value is -2.66. The number of amides is 2. The van der Waals surface area contributed by atoms with Crippen molar-refractivity contribution in [2.75, 3.05) is 24.4 Å². The number of hydrogen-bond acceptors (Lipinski definition) is 7.